The lowest BCUT2D eigenvalue weighted by molar-refractivity contribution is 1.22. The first-order valence-electron chi connectivity index (χ1n) is 15.0. The molecule has 0 aliphatic carbocycles. The number of hydrogen-bond donors (Lipinski definition) is 0. The van der Waals surface area contributed by atoms with Gasteiger partial charge in [-0.05, 0) is 71.7 Å². The lowest BCUT2D eigenvalue weighted by Crippen LogP contribution is -1.86. The molecule has 0 unspecified atom stereocenters. The molecule has 0 radical (unpaired) electrons. The number of hydrogen-bond acceptors (Lipinski definition) is 0. The van der Waals surface area contributed by atoms with Crippen LogP contribution < -0.4 is 0 Å². The molecule has 0 amide bonds. The monoisotopic (exact) mass is 568 g/mol. The smallest absolute Gasteiger partial charge is 0.0155 e. The van der Waals surface area contributed by atoms with E-state index in [0.29, 0.717) is 0 Å². The number of benzene rings is 2. The van der Waals surface area contributed by atoms with Gasteiger partial charge in [-0.2, -0.15) is 0 Å². The molecule has 0 saturated heterocycles. The third-order valence-corrected chi connectivity index (χ3v) is 5.95. The highest BCUT2D eigenvalue weighted by Gasteiger charge is 2.03. The molecule has 2 rings (SSSR count). The van der Waals surface area contributed by atoms with E-state index in [0.717, 1.165) is 39.8 Å². The molecule has 0 aliphatic rings. The van der Waals surface area contributed by atoms with Crippen molar-refractivity contribution >= 4 is 5.57 Å². The second-order valence-corrected chi connectivity index (χ2v) is 9.22. The summed E-state index contributed by atoms with van der Waals surface area (Å²) < 4.78 is 0. The summed E-state index contributed by atoms with van der Waals surface area (Å²) in [6, 6.07) is 19.1. The SMILES string of the molecule is C=C/C(C)=C(/C=C/C=C\C=C(/C)C(=C)C(=C)\C=C/C=C/C=C\C=C/CC)c1ccc(-c2ccccc2)cc1.C=CC.CC. The predicted octanol–water partition coefficient (Wildman–Crippen LogP) is 13.3. The van der Waals surface area contributed by atoms with E-state index in [1.165, 1.54) is 11.1 Å². The highest BCUT2D eigenvalue weighted by atomic mass is 14.1. The van der Waals surface area contributed by atoms with E-state index in [1.54, 1.807) is 6.08 Å². The van der Waals surface area contributed by atoms with Crippen LogP contribution in [-0.2, 0) is 0 Å². The molecule has 0 saturated carbocycles. The Labute approximate surface area is 264 Å². The average molecular weight is 569 g/mol. The molecular formula is C43H52. The molecule has 0 atom stereocenters. The third-order valence-electron chi connectivity index (χ3n) is 5.95. The second-order valence-electron chi connectivity index (χ2n) is 9.22. The summed E-state index contributed by atoms with van der Waals surface area (Å²) in [7, 11) is 0. The topological polar surface area (TPSA) is 0 Å². The summed E-state index contributed by atoms with van der Waals surface area (Å²) in [6.45, 7) is 27.8. The number of rotatable bonds is 13. The molecule has 2 aromatic carbocycles. The zero-order valence-corrected chi connectivity index (χ0v) is 27.4. The maximum Gasteiger partial charge on any atom is -0.0155 e. The molecule has 0 heterocycles. The molecule has 224 valence electrons. The summed E-state index contributed by atoms with van der Waals surface area (Å²) in [5.41, 5.74) is 8.77. The fourth-order valence-corrected chi connectivity index (χ4v) is 3.55. The average Bonchev–Trinajstić information content (AvgIpc) is 3.05. The van der Waals surface area contributed by atoms with Crippen molar-refractivity contribution in [1.82, 2.24) is 0 Å². The van der Waals surface area contributed by atoms with Crippen LogP contribution in [0.5, 0.6) is 0 Å². The van der Waals surface area contributed by atoms with E-state index < -0.39 is 0 Å². The van der Waals surface area contributed by atoms with Crippen LogP contribution in [0.25, 0.3) is 16.7 Å². The van der Waals surface area contributed by atoms with Crippen LogP contribution in [0.4, 0.5) is 0 Å². The first-order chi connectivity index (χ1) is 20.9. The normalized spacial score (nSPS) is 12.4. The van der Waals surface area contributed by atoms with Crippen molar-refractivity contribution in [1.29, 1.82) is 0 Å². The van der Waals surface area contributed by atoms with Crippen molar-refractivity contribution < 1.29 is 0 Å². The van der Waals surface area contributed by atoms with Gasteiger partial charge >= 0.3 is 0 Å². The van der Waals surface area contributed by atoms with Crippen LogP contribution in [0.1, 0.15) is 53.5 Å². The fraction of sp³-hybridized carbons (Fsp3) is 0.163. The van der Waals surface area contributed by atoms with E-state index in [-0.39, 0.29) is 0 Å². The summed E-state index contributed by atoms with van der Waals surface area (Å²) in [4.78, 5) is 0. The predicted molar refractivity (Wildman–Crippen MR) is 199 cm³/mol. The Hall–Kier alpha value is -4.68. The largest absolute Gasteiger partial charge is 0.103 e. The molecule has 0 aliphatic heterocycles. The fourth-order valence-electron chi connectivity index (χ4n) is 3.55. The minimum Gasteiger partial charge on any atom is -0.103 e. The van der Waals surface area contributed by atoms with Crippen molar-refractivity contribution in [2.45, 2.75) is 48.0 Å². The second kappa shape index (κ2) is 25.1. The molecule has 0 N–H and O–H groups in total. The van der Waals surface area contributed by atoms with Crippen LogP contribution >= 0.6 is 0 Å². The Morgan fingerprint density at radius 3 is 1.77 bits per heavy atom. The minimum atomic E-state index is 0.896. The van der Waals surface area contributed by atoms with Gasteiger partial charge in [-0.1, -0.05) is 186 Å². The molecule has 0 fully saturated rings. The summed E-state index contributed by atoms with van der Waals surface area (Å²) in [6.07, 6.45) is 31.2. The van der Waals surface area contributed by atoms with Crippen molar-refractivity contribution in [2.24, 2.45) is 0 Å². The molecule has 0 spiro atoms. The molecule has 2 aromatic rings. The van der Waals surface area contributed by atoms with Crippen molar-refractivity contribution in [2.75, 3.05) is 0 Å². The molecular weight excluding hydrogens is 516 g/mol. The standard InChI is InChI=1S/C38H40.C3H6.C2H6/c1-7-9-10-11-12-13-14-17-22-32(4)34(6)33(5)23-18-15-21-26-38(31(3)8-2)37-29-27-36(28-30-37)35-24-19-16-20-25-35;1-3-2;1-2/h8-30H,2,4,6-7H2,1,3,5H3;3H,1H2,2H3;1-2H3/b10-9-,12-11-,14-13+,18-15-,22-17-,26-21+,33-23+,38-31-;;. The summed E-state index contributed by atoms with van der Waals surface area (Å²) in [5.74, 6) is 0. The molecule has 43 heavy (non-hydrogen) atoms. The first kappa shape index (κ1) is 38.3. The van der Waals surface area contributed by atoms with Gasteiger partial charge in [-0.3, -0.25) is 0 Å². The van der Waals surface area contributed by atoms with Gasteiger partial charge < -0.3 is 0 Å². The Bertz CT molecular complexity index is 1360. The minimum absolute atomic E-state index is 0.896. The highest BCUT2D eigenvalue weighted by molar-refractivity contribution is 5.79. The maximum absolute atomic E-state index is 4.20. The van der Waals surface area contributed by atoms with Crippen LogP contribution in [0.2, 0.25) is 0 Å². The Morgan fingerprint density at radius 1 is 0.674 bits per heavy atom. The van der Waals surface area contributed by atoms with Gasteiger partial charge in [0, 0.05) is 0 Å². The summed E-state index contributed by atoms with van der Waals surface area (Å²) in [5, 5.41) is 0. The van der Waals surface area contributed by atoms with Crippen molar-refractivity contribution in [3.8, 4) is 11.1 Å². The van der Waals surface area contributed by atoms with E-state index >= 15 is 0 Å². The van der Waals surface area contributed by atoms with Crippen LogP contribution in [0, 0.1) is 0 Å². The van der Waals surface area contributed by atoms with Gasteiger partial charge in [0.2, 0.25) is 0 Å². The van der Waals surface area contributed by atoms with Crippen LogP contribution in [0.3, 0.4) is 0 Å². The van der Waals surface area contributed by atoms with E-state index in [1.807, 2.05) is 87.6 Å². The van der Waals surface area contributed by atoms with Gasteiger partial charge in [0.15, 0.2) is 0 Å². The molecule has 0 heteroatoms. The third kappa shape index (κ3) is 16.4. The molecule has 0 aromatic heterocycles. The van der Waals surface area contributed by atoms with E-state index in [4.69, 9.17) is 0 Å². The van der Waals surface area contributed by atoms with Gasteiger partial charge in [0.1, 0.15) is 0 Å². The van der Waals surface area contributed by atoms with Gasteiger partial charge in [0.05, 0.1) is 0 Å². The highest BCUT2D eigenvalue weighted by Crippen LogP contribution is 2.25. The van der Waals surface area contributed by atoms with Crippen LogP contribution in [-0.4, -0.2) is 0 Å². The van der Waals surface area contributed by atoms with Gasteiger partial charge in [0.25, 0.3) is 0 Å². The maximum atomic E-state index is 4.20. The van der Waals surface area contributed by atoms with Crippen LogP contribution in [0.15, 0.2) is 194 Å². The lowest BCUT2D eigenvalue weighted by atomic mass is 9.97. The molecule has 0 bridgehead atoms. The zero-order valence-electron chi connectivity index (χ0n) is 27.4. The van der Waals surface area contributed by atoms with Crippen molar-refractivity contribution in [3.05, 3.63) is 200 Å². The lowest BCUT2D eigenvalue weighted by Gasteiger charge is -2.08. The van der Waals surface area contributed by atoms with Gasteiger partial charge in [-0.15, -0.1) is 6.58 Å². The van der Waals surface area contributed by atoms with Gasteiger partial charge in [-0.25, -0.2) is 0 Å². The quantitative estimate of drug-likeness (QED) is 0.166. The Balaban J connectivity index is 0.00000331. The number of allylic oxidation sites excluding steroid dienone is 20. The summed E-state index contributed by atoms with van der Waals surface area (Å²) >= 11 is 0. The first-order valence-corrected chi connectivity index (χ1v) is 15.0. The Kier molecular flexibility index (Phi) is 22.3. The van der Waals surface area contributed by atoms with E-state index in [2.05, 4.69) is 120 Å². The van der Waals surface area contributed by atoms with E-state index in [9.17, 15) is 0 Å². The Morgan fingerprint density at radius 2 is 1.19 bits per heavy atom. The molecule has 0 nitrogen and oxygen atoms in total. The van der Waals surface area contributed by atoms with Crippen molar-refractivity contribution in [3.63, 3.8) is 0 Å². The zero-order chi connectivity index (χ0) is 32.3.